The monoisotopic (exact) mass is 330 g/mol. The molecule has 0 aromatic rings. The molecule has 5 fully saturated rings. The van der Waals surface area contributed by atoms with Crippen molar-refractivity contribution in [1.82, 2.24) is 0 Å². The number of hydrogen-bond acceptors (Lipinski definition) is 2. The first kappa shape index (κ1) is 15.9. The van der Waals surface area contributed by atoms with Crippen molar-refractivity contribution in [3.05, 3.63) is 0 Å². The van der Waals surface area contributed by atoms with Gasteiger partial charge in [0.05, 0.1) is 6.10 Å². The Morgan fingerprint density at radius 3 is 2.50 bits per heavy atom. The van der Waals surface area contributed by atoms with Gasteiger partial charge < -0.3 is 4.74 Å². The quantitative estimate of drug-likeness (QED) is 0.723. The summed E-state index contributed by atoms with van der Waals surface area (Å²) >= 11 is 0. The van der Waals surface area contributed by atoms with Crippen LogP contribution in [0.25, 0.3) is 0 Å². The first-order valence-corrected chi connectivity index (χ1v) is 10.4. The summed E-state index contributed by atoms with van der Waals surface area (Å²) in [6.07, 6.45) is 11.1. The van der Waals surface area contributed by atoms with Gasteiger partial charge in [0.25, 0.3) is 0 Å². The zero-order valence-electron chi connectivity index (χ0n) is 15.9. The van der Waals surface area contributed by atoms with Crippen LogP contribution in [0.1, 0.15) is 72.1 Å². The molecule has 0 saturated heterocycles. The standard InChI is InChI=1S/C22H34O2/c1-13(23)16-5-6-17-15-11-19(24-4)22-12-14(22)7-10-21(22,3)18(15)8-9-20(16,17)2/h14-19H,5-12H2,1-4H3. The minimum absolute atomic E-state index is 0.272. The van der Waals surface area contributed by atoms with Gasteiger partial charge in [0.15, 0.2) is 0 Å². The van der Waals surface area contributed by atoms with Gasteiger partial charge in [-0.3, -0.25) is 4.79 Å². The molecule has 134 valence electrons. The van der Waals surface area contributed by atoms with Gasteiger partial charge in [-0.2, -0.15) is 0 Å². The summed E-state index contributed by atoms with van der Waals surface area (Å²) in [5.41, 5.74) is 1.31. The van der Waals surface area contributed by atoms with E-state index in [-0.39, 0.29) is 5.41 Å². The second kappa shape index (κ2) is 4.67. The normalized spacial score (nSPS) is 60.8. The molecule has 2 heteroatoms. The summed E-state index contributed by atoms with van der Waals surface area (Å²) < 4.78 is 6.15. The molecule has 9 unspecified atom stereocenters. The molecule has 5 saturated carbocycles. The summed E-state index contributed by atoms with van der Waals surface area (Å²) in [7, 11) is 1.96. The largest absolute Gasteiger partial charge is 0.381 e. The lowest BCUT2D eigenvalue weighted by Gasteiger charge is -2.60. The van der Waals surface area contributed by atoms with Crippen LogP contribution in [0.2, 0.25) is 0 Å². The van der Waals surface area contributed by atoms with Crippen LogP contribution in [-0.4, -0.2) is 19.0 Å². The highest BCUT2D eigenvalue weighted by Crippen LogP contribution is 2.82. The van der Waals surface area contributed by atoms with Gasteiger partial charge in [0.2, 0.25) is 0 Å². The maximum Gasteiger partial charge on any atom is 0.133 e. The number of hydrogen-bond donors (Lipinski definition) is 0. The Labute approximate surface area is 147 Å². The number of ketones is 1. The molecule has 0 aromatic carbocycles. The number of ether oxygens (including phenoxy) is 1. The van der Waals surface area contributed by atoms with E-state index in [0.29, 0.717) is 28.6 Å². The SMILES string of the molecule is COC1CC2C3CCC(C(C)=O)C3(C)CCC2C2(C)CCC3CC312. The molecule has 24 heavy (non-hydrogen) atoms. The molecule has 5 aliphatic carbocycles. The van der Waals surface area contributed by atoms with Crippen LogP contribution >= 0.6 is 0 Å². The molecular formula is C22H34O2. The van der Waals surface area contributed by atoms with Crippen molar-refractivity contribution >= 4 is 5.78 Å². The number of fused-ring (bicyclic) bond motifs is 4. The van der Waals surface area contributed by atoms with E-state index in [2.05, 4.69) is 13.8 Å². The molecule has 9 atom stereocenters. The first-order valence-electron chi connectivity index (χ1n) is 10.4. The maximum atomic E-state index is 12.3. The molecule has 0 bridgehead atoms. The molecule has 1 spiro atoms. The van der Waals surface area contributed by atoms with Crippen LogP contribution in [0, 0.1) is 45.8 Å². The molecule has 0 aromatic heterocycles. The third-order valence-corrected chi connectivity index (χ3v) is 10.3. The van der Waals surface area contributed by atoms with Crippen LogP contribution in [0.5, 0.6) is 0 Å². The molecule has 0 aliphatic heterocycles. The maximum absolute atomic E-state index is 12.3. The first-order chi connectivity index (χ1) is 11.4. The summed E-state index contributed by atoms with van der Waals surface area (Å²) in [6.45, 7) is 6.92. The van der Waals surface area contributed by atoms with Gasteiger partial charge >= 0.3 is 0 Å². The van der Waals surface area contributed by atoms with Crippen molar-refractivity contribution in [1.29, 1.82) is 0 Å². The minimum atomic E-state index is 0.272. The fraction of sp³-hybridized carbons (Fsp3) is 0.955. The van der Waals surface area contributed by atoms with Gasteiger partial charge in [-0.15, -0.1) is 0 Å². The Kier molecular flexibility index (Phi) is 3.08. The molecule has 2 nitrogen and oxygen atoms in total. The van der Waals surface area contributed by atoms with E-state index in [9.17, 15) is 4.79 Å². The average Bonchev–Trinajstić information content (AvgIpc) is 3.04. The summed E-state index contributed by atoms with van der Waals surface area (Å²) in [6, 6.07) is 0. The predicted molar refractivity (Wildman–Crippen MR) is 94.5 cm³/mol. The van der Waals surface area contributed by atoms with Crippen LogP contribution in [-0.2, 0) is 9.53 Å². The lowest BCUT2D eigenvalue weighted by molar-refractivity contribution is -0.161. The molecule has 5 rings (SSSR count). The van der Waals surface area contributed by atoms with E-state index < -0.39 is 0 Å². The van der Waals surface area contributed by atoms with Crippen molar-refractivity contribution in [3.63, 3.8) is 0 Å². The predicted octanol–water partition coefficient (Wildman–Crippen LogP) is 4.86. The second-order valence-corrected chi connectivity index (χ2v) is 10.5. The van der Waals surface area contributed by atoms with E-state index in [1.54, 1.807) is 0 Å². The molecule has 0 heterocycles. The van der Waals surface area contributed by atoms with Crippen molar-refractivity contribution in [2.75, 3.05) is 7.11 Å². The Balaban J connectivity index is 1.53. The molecule has 5 aliphatic rings. The average molecular weight is 331 g/mol. The molecule has 0 amide bonds. The Morgan fingerprint density at radius 2 is 1.83 bits per heavy atom. The fourth-order valence-electron chi connectivity index (χ4n) is 9.25. The Morgan fingerprint density at radius 1 is 1.04 bits per heavy atom. The lowest BCUT2D eigenvalue weighted by Crippen LogP contribution is -2.57. The van der Waals surface area contributed by atoms with E-state index in [1.165, 1.54) is 44.9 Å². The Hall–Kier alpha value is -0.370. The number of rotatable bonds is 2. The number of carbonyl (C=O) groups is 1. The van der Waals surface area contributed by atoms with Crippen molar-refractivity contribution in [3.8, 4) is 0 Å². The summed E-state index contributed by atoms with van der Waals surface area (Å²) in [4.78, 5) is 12.3. The zero-order valence-corrected chi connectivity index (χ0v) is 15.9. The van der Waals surface area contributed by atoms with Crippen LogP contribution in [0.3, 0.4) is 0 Å². The summed E-state index contributed by atoms with van der Waals surface area (Å²) in [5, 5.41) is 0. The topological polar surface area (TPSA) is 26.3 Å². The highest BCUT2D eigenvalue weighted by atomic mass is 16.5. The third-order valence-electron chi connectivity index (χ3n) is 10.3. The van der Waals surface area contributed by atoms with Crippen molar-refractivity contribution in [2.24, 2.45) is 45.8 Å². The number of methoxy groups -OCH3 is 1. The van der Waals surface area contributed by atoms with E-state index in [4.69, 9.17) is 4.74 Å². The van der Waals surface area contributed by atoms with Gasteiger partial charge in [-0.25, -0.2) is 0 Å². The minimum Gasteiger partial charge on any atom is -0.381 e. The lowest BCUT2D eigenvalue weighted by atomic mass is 9.45. The molecule has 0 radical (unpaired) electrons. The second-order valence-electron chi connectivity index (χ2n) is 10.5. The summed E-state index contributed by atoms with van der Waals surface area (Å²) in [5.74, 6) is 4.17. The van der Waals surface area contributed by atoms with Crippen LogP contribution in [0.15, 0.2) is 0 Å². The van der Waals surface area contributed by atoms with Crippen LogP contribution in [0.4, 0.5) is 0 Å². The highest BCUT2D eigenvalue weighted by molar-refractivity contribution is 5.79. The van der Waals surface area contributed by atoms with Gasteiger partial charge in [-0.05, 0) is 92.8 Å². The molecule has 0 N–H and O–H groups in total. The third kappa shape index (κ3) is 1.57. The number of Topliss-reactive ketones (excluding diaryl/α,β-unsaturated/α-hetero) is 1. The zero-order chi connectivity index (χ0) is 16.9. The van der Waals surface area contributed by atoms with E-state index in [0.717, 1.165) is 30.1 Å². The van der Waals surface area contributed by atoms with Crippen molar-refractivity contribution in [2.45, 2.75) is 78.2 Å². The van der Waals surface area contributed by atoms with Crippen molar-refractivity contribution < 1.29 is 9.53 Å². The van der Waals surface area contributed by atoms with Gasteiger partial charge in [0, 0.05) is 18.4 Å². The smallest absolute Gasteiger partial charge is 0.133 e. The number of carbonyl (C=O) groups excluding carboxylic acids is 1. The van der Waals surface area contributed by atoms with E-state index in [1.807, 2.05) is 14.0 Å². The highest BCUT2D eigenvalue weighted by Gasteiger charge is 2.77. The van der Waals surface area contributed by atoms with E-state index >= 15 is 0 Å². The van der Waals surface area contributed by atoms with Gasteiger partial charge in [0.1, 0.15) is 5.78 Å². The molecular weight excluding hydrogens is 296 g/mol. The van der Waals surface area contributed by atoms with Gasteiger partial charge in [-0.1, -0.05) is 13.8 Å². The van der Waals surface area contributed by atoms with Crippen LogP contribution < -0.4 is 0 Å². The fourth-order valence-corrected chi connectivity index (χ4v) is 9.25. The Bertz CT molecular complexity index is 585.